The number of rotatable bonds is 2. The van der Waals surface area contributed by atoms with Crippen molar-refractivity contribution in [2.24, 2.45) is 0 Å². The van der Waals surface area contributed by atoms with Gasteiger partial charge in [0.15, 0.2) is 0 Å². The van der Waals surface area contributed by atoms with Gasteiger partial charge in [-0.1, -0.05) is 18.2 Å². The summed E-state index contributed by atoms with van der Waals surface area (Å²) in [7, 11) is 0. The topological polar surface area (TPSA) is 12.9 Å². The molecule has 3 heteroatoms. The lowest BCUT2D eigenvalue weighted by Crippen LogP contribution is -1.84. The number of benzene rings is 1. The van der Waals surface area contributed by atoms with Crippen LogP contribution in [0.3, 0.4) is 0 Å². The minimum absolute atomic E-state index is 0.532. The Morgan fingerprint density at radius 3 is 2.73 bits per heavy atom. The van der Waals surface area contributed by atoms with Crippen molar-refractivity contribution in [1.29, 1.82) is 0 Å². The SMILES string of the molecule is ClCc1cccc(-c2ccc(Br)cn2)c1. The van der Waals surface area contributed by atoms with Crippen LogP contribution in [0, 0.1) is 0 Å². The Hall–Kier alpha value is -0.860. The number of aromatic nitrogens is 1. The van der Waals surface area contributed by atoms with Crippen LogP contribution < -0.4 is 0 Å². The maximum Gasteiger partial charge on any atom is 0.0702 e. The van der Waals surface area contributed by atoms with Gasteiger partial charge in [-0.2, -0.15) is 0 Å². The van der Waals surface area contributed by atoms with E-state index in [4.69, 9.17) is 11.6 Å². The fourth-order valence-electron chi connectivity index (χ4n) is 1.36. The van der Waals surface area contributed by atoms with Gasteiger partial charge < -0.3 is 0 Å². The van der Waals surface area contributed by atoms with Crippen molar-refractivity contribution in [1.82, 2.24) is 4.98 Å². The highest BCUT2D eigenvalue weighted by molar-refractivity contribution is 9.10. The molecule has 0 atom stereocenters. The van der Waals surface area contributed by atoms with Crippen molar-refractivity contribution < 1.29 is 0 Å². The molecule has 1 aromatic heterocycles. The van der Waals surface area contributed by atoms with Crippen molar-refractivity contribution in [3.8, 4) is 11.3 Å². The molecular weight excluding hydrogens is 273 g/mol. The van der Waals surface area contributed by atoms with Gasteiger partial charge in [0.05, 0.1) is 5.69 Å². The normalized spacial score (nSPS) is 10.3. The Balaban J connectivity index is 2.40. The first-order valence-corrected chi connectivity index (χ1v) is 5.89. The van der Waals surface area contributed by atoms with E-state index in [0.29, 0.717) is 5.88 Å². The minimum Gasteiger partial charge on any atom is -0.255 e. The van der Waals surface area contributed by atoms with Crippen LogP contribution in [0.1, 0.15) is 5.56 Å². The first kappa shape index (κ1) is 10.7. The lowest BCUT2D eigenvalue weighted by atomic mass is 10.1. The fraction of sp³-hybridized carbons (Fsp3) is 0.0833. The van der Waals surface area contributed by atoms with E-state index < -0.39 is 0 Å². The van der Waals surface area contributed by atoms with Crippen LogP contribution in [-0.2, 0) is 5.88 Å². The van der Waals surface area contributed by atoms with Gasteiger partial charge in [-0.25, -0.2) is 0 Å². The van der Waals surface area contributed by atoms with Crippen molar-refractivity contribution in [2.75, 3.05) is 0 Å². The summed E-state index contributed by atoms with van der Waals surface area (Å²) in [5, 5.41) is 0. The molecule has 0 amide bonds. The lowest BCUT2D eigenvalue weighted by molar-refractivity contribution is 1.30. The number of pyridine rings is 1. The molecule has 0 saturated carbocycles. The third-order valence-electron chi connectivity index (χ3n) is 2.10. The zero-order valence-electron chi connectivity index (χ0n) is 7.95. The van der Waals surface area contributed by atoms with Crippen LogP contribution in [-0.4, -0.2) is 4.98 Å². The molecule has 0 unspecified atom stereocenters. The molecule has 0 aliphatic heterocycles. The van der Waals surface area contributed by atoms with Crippen molar-refractivity contribution in [3.05, 3.63) is 52.6 Å². The van der Waals surface area contributed by atoms with E-state index in [9.17, 15) is 0 Å². The fourth-order valence-corrected chi connectivity index (χ4v) is 1.76. The summed E-state index contributed by atoms with van der Waals surface area (Å²) in [6.07, 6.45) is 1.79. The molecule has 1 heterocycles. The van der Waals surface area contributed by atoms with Gasteiger partial charge in [0.1, 0.15) is 0 Å². The van der Waals surface area contributed by atoms with Crippen LogP contribution in [0.2, 0.25) is 0 Å². The largest absolute Gasteiger partial charge is 0.255 e. The Morgan fingerprint density at radius 2 is 2.07 bits per heavy atom. The average Bonchev–Trinajstić information content (AvgIpc) is 2.30. The maximum atomic E-state index is 5.78. The Morgan fingerprint density at radius 1 is 1.20 bits per heavy atom. The highest BCUT2D eigenvalue weighted by atomic mass is 79.9. The van der Waals surface area contributed by atoms with E-state index in [-0.39, 0.29) is 0 Å². The molecule has 1 aromatic carbocycles. The second-order valence-electron chi connectivity index (χ2n) is 3.20. The summed E-state index contributed by atoms with van der Waals surface area (Å²) in [6.45, 7) is 0. The standard InChI is InChI=1S/C12H9BrClN/c13-11-4-5-12(15-8-11)10-3-1-2-9(6-10)7-14/h1-6,8H,7H2. The lowest BCUT2D eigenvalue weighted by Gasteiger charge is -2.02. The summed E-state index contributed by atoms with van der Waals surface area (Å²) in [5.74, 6) is 0.532. The molecule has 0 fully saturated rings. The molecule has 0 aliphatic rings. The van der Waals surface area contributed by atoms with Gasteiger partial charge in [-0.3, -0.25) is 4.98 Å². The van der Waals surface area contributed by atoms with Gasteiger partial charge in [0, 0.05) is 22.1 Å². The third-order valence-corrected chi connectivity index (χ3v) is 2.88. The van der Waals surface area contributed by atoms with Crippen LogP contribution in [0.4, 0.5) is 0 Å². The molecule has 0 saturated heterocycles. The van der Waals surface area contributed by atoms with Gasteiger partial charge >= 0.3 is 0 Å². The monoisotopic (exact) mass is 281 g/mol. The van der Waals surface area contributed by atoms with Gasteiger partial charge in [0.25, 0.3) is 0 Å². The molecule has 0 aliphatic carbocycles. The minimum atomic E-state index is 0.532. The van der Waals surface area contributed by atoms with Crippen LogP contribution >= 0.6 is 27.5 Å². The molecule has 76 valence electrons. The van der Waals surface area contributed by atoms with Crippen LogP contribution in [0.5, 0.6) is 0 Å². The third kappa shape index (κ3) is 2.58. The van der Waals surface area contributed by atoms with Crippen molar-refractivity contribution in [2.45, 2.75) is 5.88 Å². The molecule has 0 N–H and O–H groups in total. The summed E-state index contributed by atoms with van der Waals surface area (Å²) in [5.41, 5.74) is 3.17. The molecule has 0 bridgehead atoms. The zero-order chi connectivity index (χ0) is 10.7. The predicted molar refractivity (Wildman–Crippen MR) is 66.9 cm³/mol. The molecule has 15 heavy (non-hydrogen) atoms. The maximum absolute atomic E-state index is 5.78. The quantitative estimate of drug-likeness (QED) is 0.750. The number of halogens is 2. The van der Waals surface area contributed by atoms with E-state index in [1.54, 1.807) is 6.20 Å². The smallest absolute Gasteiger partial charge is 0.0702 e. The zero-order valence-corrected chi connectivity index (χ0v) is 10.3. The van der Waals surface area contributed by atoms with Gasteiger partial charge in [0.2, 0.25) is 0 Å². The Kier molecular flexibility index (Phi) is 3.39. The first-order chi connectivity index (χ1) is 7.29. The molecule has 0 spiro atoms. The summed E-state index contributed by atoms with van der Waals surface area (Å²) < 4.78 is 0.986. The Bertz CT molecular complexity index is 453. The summed E-state index contributed by atoms with van der Waals surface area (Å²) in [4.78, 5) is 4.33. The van der Waals surface area contributed by atoms with E-state index in [2.05, 4.69) is 27.0 Å². The van der Waals surface area contributed by atoms with E-state index in [0.717, 1.165) is 21.3 Å². The molecule has 0 radical (unpaired) electrons. The van der Waals surface area contributed by atoms with Crippen LogP contribution in [0.15, 0.2) is 47.1 Å². The number of hydrogen-bond donors (Lipinski definition) is 0. The molecule has 2 rings (SSSR count). The second-order valence-corrected chi connectivity index (χ2v) is 4.38. The van der Waals surface area contributed by atoms with Gasteiger partial charge in [-0.05, 0) is 39.7 Å². The second kappa shape index (κ2) is 4.77. The van der Waals surface area contributed by atoms with Crippen molar-refractivity contribution in [3.63, 3.8) is 0 Å². The van der Waals surface area contributed by atoms with Crippen molar-refractivity contribution >= 4 is 27.5 Å². The highest BCUT2D eigenvalue weighted by Crippen LogP contribution is 2.20. The van der Waals surface area contributed by atoms with E-state index in [1.807, 2.05) is 30.3 Å². The highest BCUT2D eigenvalue weighted by Gasteiger charge is 1.99. The summed E-state index contributed by atoms with van der Waals surface area (Å²) >= 11 is 9.15. The first-order valence-electron chi connectivity index (χ1n) is 4.56. The number of alkyl halides is 1. The number of nitrogens with zero attached hydrogens (tertiary/aromatic N) is 1. The molecular formula is C12H9BrClN. The molecule has 1 nitrogen and oxygen atoms in total. The Labute approximate surface area is 102 Å². The molecule has 2 aromatic rings. The average molecular weight is 283 g/mol. The van der Waals surface area contributed by atoms with E-state index in [1.165, 1.54) is 0 Å². The van der Waals surface area contributed by atoms with Crippen LogP contribution in [0.25, 0.3) is 11.3 Å². The van der Waals surface area contributed by atoms with Gasteiger partial charge in [-0.15, -0.1) is 11.6 Å². The van der Waals surface area contributed by atoms with E-state index >= 15 is 0 Å². The predicted octanol–water partition coefficient (Wildman–Crippen LogP) is 4.25. The number of hydrogen-bond acceptors (Lipinski definition) is 1. The summed E-state index contributed by atoms with van der Waals surface area (Å²) in [6, 6.07) is 12.1.